The summed E-state index contributed by atoms with van der Waals surface area (Å²) in [4.78, 5) is 25.9. The number of nitrogens with zero attached hydrogens (tertiary/aromatic N) is 1. The minimum Gasteiger partial charge on any atom is -0.484 e. The maximum atomic E-state index is 13.2. The number of rotatable bonds is 7. The summed E-state index contributed by atoms with van der Waals surface area (Å²) >= 11 is 0. The fourth-order valence-electron chi connectivity index (χ4n) is 3.17. The highest BCUT2D eigenvalue weighted by molar-refractivity contribution is 5.96. The second kappa shape index (κ2) is 9.82. The Balaban J connectivity index is 1.70. The number of amides is 1. The predicted octanol–water partition coefficient (Wildman–Crippen LogP) is 4.15. The lowest BCUT2D eigenvalue weighted by Crippen LogP contribution is -2.37. The van der Waals surface area contributed by atoms with Crippen molar-refractivity contribution in [3.8, 4) is 5.75 Å². The Kier molecular flexibility index (Phi) is 7.17. The van der Waals surface area contributed by atoms with Crippen molar-refractivity contribution >= 4 is 23.1 Å². The number of halogens is 3. The van der Waals surface area contributed by atoms with Gasteiger partial charge in [-0.15, -0.1) is 0 Å². The third kappa shape index (κ3) is 5.97. The molecule has 2 aromatic carbocycles. The fraction of sp³-hybridized carbons (Fsp3) is 0.364. The van der Waals surface area contributed by atoms with Crippen LogP contribution in [-0.2, 0) is 15.7 Å². The Bertz CT molecular complexity index is 923. The van der Waals surface area contributed by atoms with Gasteiger partial charge < -0.3 is 19.7 Å². The summed E-state index contributed by atoms with van der Waals surface area (Å²) in [5.41, 5.74) is 0.247. The van der Waals surface area contributed by atoms with E-state index in [9.17, 15) is 22.8 Å². The number of alkyl halides is 3. The molecule has 0 aliphatic carbocycles. The van der Waals surface area contributed by atoms with Crippen molar-refractivity contribution in [2.75, 3.05) is 43.1 Å². The van der Waals surface area contributed by atoms with E-state index in [1.807, 2.05) is 4.90 Å². The highest BCUT2D eigenvalue weighted by atomic mass is 19.4. The monoisotopic (exact) mass is 436 g/mol. The second-order valence-corrected chi connectivity index (χ2v) is 6.97. The second-order valence-electron chi connectivity index (χ2n) is 6.97. The quantitative estimate of drug-likeness (QED) is 0.661. The summed E-state index contributed by atoms with van der Waals surface area (Å²) in [5.74, 6) is -0.229. The normalized spacial score (nSPS) is 14.3. The summed E-state index contributed by atoms with van der Waals surface area (Å²) < 4.78 is 50.2. The van der Waals surface area contributed by atoms with E-state index in [1.165, 1.54) is 6.07 Å². The van der Waals surface area contributed by atoms with Crippen molar-refractivity contribution in [3.63, 3.8) is 0 Å². The van der Waals surface area contributed by atoms with E-state index in [2.05, 4.69) is 5.32 Å². The smallest absolute Gasteiger partial charge is 0.416 e. The van der Waals surface area contributed by atoms with Gasteiger partial charge in [0.2, 0.25) is 0 Å². The molecule has 0 atom stereocenters. The first-order chi connectivity index (χ1) is 14.8. The zero-order valence-electron chi connectivity index (χ0n) is 17.0. The molecule has 2 aromatic rings. The standard InChI is InChI=1S/C22H23F3N2O4/c1-2-20(28)15-3-6-17(7-4-15)31-14-21(29)26-18-13-16(22(23,24)25)5-8-19(18)27-9-11-30-12-10-27/h3-8,13H,2,9-12,14H2,1H3,(H,26,29). The van der Waals surface area contributed by atoms with E-state index in [1.54, 1.807) is 31.2 Å². The first-order valence-electron chi connectivity index (χ1n) is 9.88. The SMILES string of the molecule is CCC(=O)c1ccc(OCC(=O)Nc2cc(C(F)(F)F)ccc2N2CCOCC2)cc1. The molecule has 0 saturated carbocycles. The number of hydrogen-bond acceptors (Lipinski definition) is 5. The molecule has 6 nitrogen and oxygen atoms in total. The van der Waals surface area contributed by atoms with Crippen molar-refractivity contribution in [1.29, 1.82) is 0 Å². The molecule has 9 heteroatoms. The summed E-state index contributed by atoms with van der Waals surface area (Å²) in [5, 5.41) is 2.53. The largest absolute Gasteiger partial charge is 0.484 e. The van der Waals surface area contributed by atoms with Crippen molar-refractivity contribution in [2.45, 2.75) is 19.5 Å². The molecule has 0 spiro atoms. The van der Waals surface area contributed by atoms with Gasteiger partial charge in [0.25, 0.3) is 5.91 Å². The Hall–Kier alpha value is -3.07. The van der Waals surface area contributed by atoms with Gasteiger partial charge in [-0.1, -0.05) is 6.92 Å². The Morgan fingerprint density at radius 3 is 2.39 bits per heavy atom. The van der Waals surface area contributed by atoms with Gasteiger partial charge in [-0.2, -0.15) is 13.2 Å². The third-order valence-electron chi connectivity index (χ3n) is 4.82. The van der Waals surface area contributed by atoms with Gasteiger partial charge in [0.1, 0.15) is 5.75 Å². The van der Waals surface area contributed by atoms with Crippen molar-refractivity contribution in [2.24, 2.45) is 0 Å². The number of ketones is 1. The minimum absolute atomic E-state index is 0.00974. The average molecular weight is 436 g/mol. The molecule has 0 bridgehead atoms. The Labute approximate surface area is 177 Å². The molecule has 0 unspecified atom stereocenters. The van der Waals surface area contributed by atoms with E-state index in [0.717, 1.165) is 12.1 Å². The van der Waals surface area contributed by atoms with Crippen molar-refractivity contribution in [3.05, 3.63) is 53.6 Å². The highest BCUT2D eigenvalue weighted by Crippen LogP contribution is 2.35. The van der Waals surface area contributed by atoms with Crippen LogP contribution in [0.5, 0.6) is 5.75 Å². The van der Waals surface area contributed by atoms with Gasteiger partial charge >= 0.3 is 6.18 Å². The van der Waals surface area contributed by atoms with E-state index in [-0.39, 0.29) is 18.1 Å². The molecule has 1 fully saturated rings. The maximum Gasteiger partial charge on any atom is 0.416 e. The molecule has 0 radical (unpaired) electrons. The highest BCUT2D eigenvalue weighted by Gasteiger charge is 2.32. The molecular weight excluding hydrogens is 413 g/mol. The summed E-state index contributed by atoms with van der Waals surface area (Å²) in [6.07, 6.45) is -4.15. The van der Waals surface area contributed by atoms with Gasteiger partial charge in [-0.3, -0.25) is 9.59 Å². The summed E-state index contributed by atoms with van der Waals surface area (Å²) in [6, 6.07) is 9.61. The van der Waals surface area contributed by atoms with Crippen molar-refractivity contribution < 1.29 is 32.2 Å². The van der Waals surface area contributed by atoms with Gasteiger partial charge in [0, 0.05) is 25.1 Å². The van der Waals surface area contributed by atoms with E-state index in [0.29, 0.717) is 49.7 Å². The number of nitrogens with one attached hydrogen (secondary N) is 1. The lowest BCUT2D eigenvalue weighted by molar-refractivity contribution is -0.137. The number of benzene rings is 2. The molecule has 31 heavy (non-hydrogen) atoms. The lowest BCUT2D eigenvalue weighted by atomic mass is 10.1. The number of carbonyl (C=O) groups is 2. The van der Waals surface area contributed by atoms with Crippen LogP contribution in [0.15, 0.2) is 42.5 Å². The first-order valence-corrected chi connectivity index (χ1v) is 9.88. The van der Waals surface area contributed by atoms with Crippen LogP contribution in [0.3, 0.4) is 0 Å². The number of carbonyl (C=O) groups excluding carboxylic acids is 2. The summed E-state index contributed by atoms with van der Waals surface area (Å²) in [7, 11) is 0. The zero-order valence-corrected chi connectivity index (χ0v) is 17.0. The molecule has 1 N–H and O–H groups in total. The molecule has 1 aliphatic heterocycles. The number of ether oxygens (including phenoxy) is 2. The fourth-order valence-corrected chi connectivity index (χ4v) is 3.17. The summed E-state index contributed by atoms with van der Waals surface area (Å²) in [6.45, 7) is 3.29. The minimum atomic E-state index is -4.53. The van der Waals surface area contributed by atoms with Crippen LogP contribution in [0.25, 0.3) is 0 Å². The topological polar surface area (TPSA) is 67.9 Å². The van der Waals surface area contributed by atoms with Crippen LogP contribution >= 0.6 is 0 Å². The van der Waals surface area contributed by atoms with Crippen LogP contribution < -0.4 is 15.0 Å². The van der Waals surface area contributed by atoms with Crippen LogP contribution in [0, 0.1) is 0 Å². The predicted molar refractivity (Wildman–Crippen MR) is 110 cm³/mol. The maximum absolute atomic E-state index is 13.2. The molecule has 3 rings (SSSR count). The molecule has 166 valence electrons. The van der Waals surface area contributed by atoms with Crippen molar-refractivity contribution in [1.82, 2.24) is 0 Å². The van der Waals surface area contributed by atoms with Crippen LogP contribution in [0.2, 0.25) is 0 Å². The molecule has 1 aliphatic rings. The zero-order chi connectivity index (χ0) is 22.4. The van der Waals surface area contributed by atoms with Gasteiger partial charge in [-0.25, -0.2) is 0 Å². The average Bonchev–Trinajstić information content (AvgIpc) is 2.77. The van der Waals surface area contributed by atoms with Crippen LogP contribution in [-0.4, -0.2) is 44.6 Å². The van der Waals surface area contributed by atoms with Gasteiger partial charge in [0.15, 0.2) is 12.4 Å². The number of hydrogen-bond donors (Lipinski definition) is 1. The third-order valence-corrected chi connectivity index (χ3v) is 4.82. The van der Waals surface area contributed by atoms with E-state index < -0.39 is 17.6 Å². The lowest BCUT2D eigenvalue weighted by Gasteiger charge is -2.31. The first kappa shape index (κ1) is 22.6. The van der Waals surface area contributed by atoms with E-state index >= 15 is 0 Å². The van der Waals surface area contributed by atoms with Crippen LogP contribution in [0.1, 0.15) is 29.3 Å². The van der Waals surface area contributed by atoms with E-state index in [4.69, 9.17) is 9.47 Å². The Morgan fingerprint density at radius 1 is 1.10 bits per heavy atom. The van der Waals surface area contributed by atoms with Gasteiger partial charge in [0.05, 0.1) is 30.2 Å². The molecule has 1 amide bonds. The number of morpholine rings is 1. The van der Waals surface area contributed by atoms with Crippen LogP contribution in [0.4, 0.5) is 24.5 Å². The Morgan fingerprint density at radius 2 is 1.77 bits per heavy atom. The molecular formula is C22H23F3N2O4. The molecule has 1 heterocycles. The number of anilines is 2. The number of Topliss-reactive ketones (excluding diaryl/α,β-unsaturated/α-hetero) is 1. The van der Waals surface area contributed by atoms with Gasteiger partial charge in [-0.05, 0) is 42.5 Å². The molecule has 0 aromatic heterocycles. The molecule has 1 saturated heterocycles.